The molecule has 25 heavy (non-hydrogen) atoms. The van der Waals surface area contributed by atoms with Gasteiger partial charge in [-0.05, 0) is 62.3 Å². The van der Waals surface area contributed by atoms with Gasteiger partial charge < -0.3 is 14.6 Å². The molecule has 0 saturated heterocycles. The minimum atomic E-state index is 0.303. The van der Waals surface area contributed by atoms with Crippen molar-refractivity contribution in [2.24, 2.45) is 7.05 Å². The molecule has 1 N–H and O–H groups in total. The van der Waals surface area contributed by atoms with E-state index in [2.05, 4.69) is 54.7 Å². The number of aryl methyl sites for hydroxylation is 2. The average Bonchev–Trinajstić information content (AvgIpc) is 2.85. The van der Waals surface area contributed by atoms with Gasteiger partial charge in [-0.3, -0.25) is 4.98 Å². The van der Waals surface area contributed by atoms with Crippen molar-refractivity contribution < 1.29 is 5.11 Å². The van der Waals surface area contributed by atoms with E-state index in [4.69, 9.17) is 0 Å². The van der Waals surface area contributed by atoms with Crippen LogP contribution in [0.25, 0.3) is 32.6 Å². The Bertz CT molecular complexity index is 1110. The lowest BCUT2D eigenvalue weighted by atomic mass is 9.99. The minimum absolute atomic E-state index is 0.303. The molecule has 0 atom stereocenters. The minimum Gasteiger partial charge on any atom is -0.508 e. The number of benzene rings is 2. The van der Waals surface area contributed by atoms with Crippen LogP contribution in [0, 0.1) is 6.92 Å². The summed E-state index contributed by atoms with van der Waals surface area (Å²) in [5, 5.41) is 14.7. The average molecular weight is 333 g/mol. The highest BCUT2D eigenvalue weighted by atomic mass is 16.3. The molecule has 0 saturated carbocycles. The molecular formula is C21H23N3O. The SMILES string of the molecule is Cc1c2ccnc(CCN(C)C)c2cc2c3cc(O)ccc3n(C)c12. The van der Waals surface area contributed by atoms with Crippen molar-refractivity contribution >= 4 is 32.6 Å². The number of rotatable bonds is 3. The quantitative estimate of drug-likeness (QED) is 0.616. The smallest absolute Gasteiger partial charge is 0.116 e. The number of fused-ring (bicyclic) bond motifs is 4. The molecule has 4 heteroatoms. The first-order chi connectivity index (χ1) is 12.0. The third-order valence-electron chi connectivity index (χ3n) is 5.14. The monoisotopic (exact) mass is 333 g/mol. The van der Waals surface area contributed by atoms with Crippen molar-refractivity contribution in [2.45, 2.75) is 13.3 Å². The summed E-state index contributed by atoms with van der Waals surface area (Å²) in [7, 11) is 6.26. The lowest BCUT2D eigenvalue weighted by Gasteiger charge is -2.13. The molecule has 128 valence electrons. The van der Waals surface area contributed by atoms with Crippen LogP contribution in [0.4, 0.5) is 0 Å². The van der Waals surface area contributed by atoms with Crippen molar-refractivity contribution in [3.8, 4) is 5.75 Å². The standard InChI is InChI=1S/C21H23N3O/c1-13-15-7-9-22-19(8-10-23(2)3)16(15)12-18-17-11-14(25)5-6-20(17)24(4)21(13)18/h5-7,9,11-12,25H,8,10H2,1-4H3. The van der Waals surface area contributed by atoms with Crippen LogP contribution >= 0.6 is 0 Å². The molecular weight excluding hydrogens is 310 g/mol. The van der Waals surface area contributed by atoms with Crippen LogP contribution in [0.1, 0.15) is 11.3 Å². The molecule has 0 unspecified atom stereocenters. The Balaban J connectivity index is 2.09. The van der Waals surface area contributed by atoms with E-state index in [1.165, 1.54) is 27.2 Å². The van der Waals surface area contributed by atoms with Crippen molar-refractivity contribution in [1.29, 1.82) is 0 Å². The zero-order chi connectivity index (χ0) is 17.7. The molecule has 2 aromatic carbocycles. The molecule has 0 bridgehead atoms. The number of likely N-dealkylation sites (N-methyl/N-ethyl adjacent to an activating group) is 1. The number of phenols is 1. The molecule has 0 radical (unpaired) electrons. The number of aromatic hydroxyl groups is 1. The van der Waals surface area contributed by atoms with E-state index in [0.717, 1.165) is 29.6 Å². The lowest BCUT2D eigenvalue weighted by Crippen LogP contribution is -2.15. The topological polar surface area (TPSA) is 41.3 Å². The van der Waals surface area contributed by atoms with Gasteiger partial charge in [-0.1, -0.05) is 0 Å². The first-order valence-corrected chi connectivity index (χ1v) is 8.60. The second-order valence-electron chi connectivity index (χ2n) is 7.06. The summed E-state index contributed by atoms with van der Waals surface area (Å²) in [5.74, 6) is 0.303. The Morgan fingerprint density at radius 1 is 1.04 bits per heavy atom. The molecule has 0 spiro atoms. The highest BCUT2D eigenvalue weighted by Gasteiger charge is 2.15. The normalized spacial score (nSPS) is 12.0. The fourth-order valence-corrected chi connectivity index (χ4v) is 3.87. The molecule has 0 aliphatic carbocycles. The third-order valence-corrected chi connectivity index (χ3v) is 5.14. The second kappa shape index (κ2) is 5.74. The Morgan fingerprint density at radius 2 is 1.84 bits per heavy atom. The van der Waals surface area contributed by atoms with Crippen LogP contribution in [0.5, 0.6) is 5.75 Å². The maximum absolute atomic E-state index is 9.95. The van der Waals surface area contributed by atoms with Gasteiger partial charge in [-0.25, -0.2) is 0 Å². The highest BCUT2D eigenvalue weighted by Crippen LogP contribution is 2.36. The highest BCUT2D eigenvalue weighted by molar-refractivity contribution is 6.15. The number of hydrogen-bond donors (Lipinski definition) is 1. The number of phenolic OH excluding ortho intramolecular Hbond substituents is 1. The number of nitrogens with zero attached hydrogens (tertiary/aromatic N) is 3. The first kappa shape index (κ1) is 15.9. The van der Waals surface area contributed by atoms with Crippen molar-refractivity contribution in [3.63, 3.8) is 0 Å². The van der Waals surface area contributed by atoms with Gasteiger partial charge >= 0.3 is 0 Å². The van der Waals surface area contributed by atoms with Gasteiger partial charge in [0.2, 0.25) is 0 Å². The van der Waals surface area contributed by atoms with Crippen LogP contribution in [0.2, 0.25) is 0 Å². The molecule has 0 amide bonds. The largest absolute Gasteiger partial charge is 0.508 e. The number of hydrogen-bond acceptors (Lipinski definition) is 3. The molecule has 0 fully saturated rings. The summed E-state index contributed by atoms with van der Waals surface area (Å²) < 4.78 is 2.22. The zero-order valence-corrected chi connectivity index (χ0v) is 15.2. The van der Waals surface area contributed by atoms with Gasteiger partial charge in [0, 0.05) is 53.6 Å². The summed E-state index contributed by atoms with van der Waals surface area (Å²) >= 11 is 0. The Labute approximate surface area is 147 Å². The Kier molecular flexibility index (Phi) is 3.65. The molecule has 0 aliphatic heterocycles. The van der Waals surface area contributed by atoms with Crippen LogP contribution in [-0.4, -0.2) is 40.2 Å². The molecule has 2 aromatic heterocycles. The van der Waals surface area contributed by atoms with Crippen LogP contribution < -0.4 is 0 Å². The van der Waals surface area contributed by atoms with Gasteiger partial charge in [0.1, 0.15) is 5.75 Å². The fraction of sp³-hybridized carbons (Fsp3) is 0.286. The van der Waals surface area contributed by atoms with Gasteiger partial charge in [0.05, 0.1) is 5.52 Å². The fourth-order valence-electron chi connectivity index (χ4n) is 3.87. The molecule has 4 aromatic rings. The molecule has 0 aliphatic rings. The van der Waals surface area contributed by atoms with E-state index in [9.17, 15) is 5.11 Å². The lowest BCUT2D eigenvalue weighted by molar-refractivity contribution is 0.412. The van der Waals surface area contributed by atoms with Gasteiger partial charge in [-0.2, -0.15) is 0 Å². The summed E-state index contributed by atoms with van der Waals surface area (Å²) in [4.78, 5) is 6.83. The number of aromatic nitrogens is 2. The third kappa shape index (κ3) is 2.45. The molecule has 4 nitrogen and oxygen atoms in total. The van der Waals surface area contributed by atoms with Crippen molar-refractivity contribution in [2.75, 3.05) is 20.6 Å². The van der Waals surface area contributed by atoms with Crippen LogP contribution in [0.15, 0.2) is 36.5 Å². The summed E-state index contributed by atoms with van der Waals surface area (Å²) in [6, 6.07) is 9.95. The number of pyridine rings is 1. The predicted molar refractivity (Wildman–Crippen MR) is 104 cm³/mol. The maximum Gasteiger partial charge on any atom is 0.116 e. The first-order valence-electron chi connectivity index (χ1n) is 8.60. The molecule has 4 rings (SSSR count). The van der Waals surface area contributed by atoms with Crippen molar-refractivity contribution in [3.05, 3.63) is 47.8 Å². The van der Waals surface area contributed by atoms with E-state index in [-0.39, 0.29) is 0 Å². The van der Waals surface area contributed by atoms with E-state index in [0.29, 0.717) is 5.75 Å². The van der Waals surface area contributed by atoms with Crippen LogP contribution in [-0.2, 0) is 13.5 Å². The van der Waals surface area contributed by atoms with Gasteiger partial charge in [0.15, 0.2) is 0 Å². The van der Waals surface area contributed by atoms with E-state index in [1.807, 2.05) is 18.3 Å². The van der Waals surface area contributed by atoms with E-state index >= 15 is 0 Å². The predicted octanol–water partition coefficient (Wildman–Crippen LogP) is 4.00. The van der Waals surface area contributed by atoms with Gasteiger partial charge in [0.25, 0.3) is 0 Å². The van der Waals surface area contributed by atoms with E-state index in [1.54, 1.807) is 6.07 Å². The Morgan fingerprint density at radius 3 is 2.60 bits per heavy atom. The summed E-state index contributed by atoms with van der Waals surface area (Å²) in [6.07, 6.45) is 2.84. The maximum atomic E-state index is 9.95. The second-order valence-corrected chi connectivity index (χ2v) is 7.06. The summed E-state index contributed by atoms with van der Waals surface area (Å²) in [6.45, 7) is 3.15. The van der Waals surface area contributed by atoms with Gasteiger partial charge in [-0.15, -0.1) is 0 Å². The zero-order valence-electron chi connectivity index (χ0n) is 15.2. The Hall–Kier alpha value is -2.59. The van der Waals surface area contributed by atoms with E-state index < -0.39 is 0 Å². The van der Waals surface area contributed by atoms with Crippen LogP contribution in [0.3, 0.4) is 0 Å². The van der Waals surface area contributed by atoms with Crippen molar-refractivity contribution in [1.82, 2.24) is 14.5 Å². The summed E-state index contributed by atoms with van der Waals surface area (Å²) in [5.41, 5.74) is 4.75. The molecule has 2 heterocycles.